The number of piperidine rings is 1. The number of nitrogens with zero attached hydrogens (tertiary/aromatic N) is 4. The number of likely N-dealkylation sites (tertiary alicyclic amines) is 1. The second-order valence-corrected chi connectivity index (χ2v) is 5.63. The first-order valence-electron chi connectivity index (χ1n) is 7.42. The minimum absolute atomic E-state index is 0.0220. The molecule has 1 aliphatic rings. The maximum absolute atomic E-state index is 12.5. The number of aromatic nitrogens is 3. The molecule has 21 heavy (non-hydrogen) atoms. The number of hydrogen-bond donors (Lipinski definition) is 1. The average Bonchev–Trinajstić information content (AvgIpc) is 2.81. The minimum atomic E-state index is -1.11. The summed E-state index contributed by atoms with van der Waals surface area (Å²) < 4.78 is 1.42. The summed E-state index contributed by atoms with van der Waals surface area (Å²) >= 11 is 0. The number of aromatic carboxylic acids is 1. The molecule has 1 aromatic heterocycles. The maximum atomic E-state index is 12.5. The lowest BCUT2D eigenvalue weighted by Gasteiger charge is -2.39. The van der Waals surface area contributed by atoms with Gasteiger partial charge in [0.15, 0.2) is 5.69 Å². The van der Waals surface area contributed by atoms with Gasteiger partial charge in [-0.05, 0) is 39.5 Å². The maximum Gasteiger partial charge on any atom is 0.358 e. The van der Waals surface area contributed by atoms with Gasteiger partial charge in [-0.15, -0.1) is 5.10 Å². The molecule has 1 N–H and O–H groups in total. The van der Waals surface area contributed by atoms with E-state index >= 15 is 0 Å². The van der Waals surface area contributed by atoms with Crippen LogP contribution in [0.4, 0.5) is 0 Å². The third-order valence-corrected chi connectivity index (χ3v) is 4.14. The summed E-state index contributed by atoms with van der Waals surface area (Å²) in [6.45, 7) is 5.99. The molecule has 0 saturated carbocycles. The molecule has 0 spiro atoms. The summed E-state index contributed by atoms with van der Waals surface area (Å²) in [5.41, 5.74) is 0.429. The number of carbonyl (C=O) groups excluding carboxylic acids is 1. The Labute approximate surface area is 123 Å². The molecule has 7 nitrogen and oxygen atoms in total. The largest absolute Gasteiger partial charge is 0.476 e. The molecule has 0 aliphatic carbocycles. The summed E-state index contributed by atoms with van der Waals surface area (Å²) in [4.78, 5) is 25.5. The van der Waals surface area contributed by atoms with E-state index in [0.29, 0.717) is 12.1 Å². The highest BCUT2D eigenvalue weighted by atomic mass is 16.4. The van der Waals surface area contributed by atoms with Crippen molar-refractivity contribution in [3.8, 4) is 0 Å². The molecule has 1 saturated heterocycles. The highest BCUT2D eigenvalue weighted by Crippen LogP contribution is 2.23. The third kappa shape index (κ3) is 3.06. The molecule has 1 fully saturated rings. The topological polar surface area (TPSA) is 88.3 Å². The highest BCUT2D eigenvalue weighted by Gasteiger charge is 2.30. The standard InChI is InChI=1S/C14H22N4O3/c1-4-11-13(14(20)21)15-16-17(11)8-12(19)18-9(2)6-5-7-10(18)3/h9-10H,4-8H2,1-3H3,(H,20,21). The Morgan fingerprint density at radius 3 is 2.43 bits per heavy atom. The zero-order valence-corrected chi connectivity index (χ0v) is 12.7. The van der Waals surface area contributed by atoms with Gasteiger partial charge in [0, 0.05) is 12.1 Å². The monoisotopic (exact) mass is 294 g/mol. The first-order valence-corrected chi connectivity index (χ1v) is 7.42. The van der Waals surface area contributed by atoms with Gasteiger partial charge in [-0.2, -0.15) is 0 Å². The van der Waals surface area contributed by atoms with Crippen LogP contribution in [0.25, 0.3) is 0 Å². The number of amides is 1. The van der Waals surface area contributed by atoms with E-state index in [1.165, 1.54) is 4.68 Å². The molecule has 0 radical (unpaired) electrons. The number of carboxylic acids is 1. The molecule has 2 heterocycles. The number of carboxylic acid groups (broad SMARTS) is 1. The van der Waals surface area contributed by atoms with Crippen molar-refractivity contribution in [3.05, 3.63) is 11.4 Å². The van der Waals surface area contributed by atoms with Crippen molar-refractivity contribution in [2.45, 2.75) is 65.1 Å². The van der Waals surface area contributed by atoms with Crippen molar-refractivity contribution in [1.82, 2.24) is 19.9 Å². The van der Waals surface area contributed by atoms with Crippen LogP contribution in [-0.4, -0.2) is 49.0 Å². The minimum Gasteiger partial charge on any atom is -0.476 e. The van der Waals surface area contributed by atoms with Crippen LogP contribution >= 0.6 is 0 Å². The van der Waals surface area contributed by atoms with Gasteiger partial charge >= 0.3 is 5.97 Å². The van der Waals surface area contributed by atoms with E-state index < -0.39 is 5.97 Å². The molecule has 116 valence electrons. The number of hydrogen-bond acceptors (Lipinski definition) is 4. The fourth-order valence-electron chi connectivity index (χ4n) is 3.10. The van der Waals surface area contributed by atoms with Crippen LogP contribution in [0, 0.1) is 0 Å². The molecule has 0 bridgehead atoms. The van der Waals surface area contributed by atoms with E-state index in [9.17, 15) is 9.59 Å². The molecule has 1 aliphatic heterocycles. The Hall–Kier alpha value is -1.92. The predicted octanol–water partition coefficient (Wildman–Crippen LogP) is 1.33. The Morgan fingerprint density at radius 2 is 1.90 bits per heavy atom. The summed E-state index contributed by atoms with van der Waals surface area (Å²) in [5.74, 6) is -1.13. The third-order valence-electron chi connectivity index (χ3n) is 4.14. The van der Waals surface area contributed by atoms with Gasteiger partial charge in [0.25, 0.3) is 0 Å². The molecular weight excluding hydrogens is 272 g/mol. The smallest absolute Gasteiger partial charge is 0.358 e. The fraction of sp³-hybridized carbons (Fsp3) is 0.714. The van der Waals surface area contributed by atoms with Crippen LogP contribution in [0.15, 0.2) is 0 Å². The normalized spacial score (nSPS) is 22.3. The van der Waals surface area contributed by atoms with Crippen LogP contribution in [0.3, 0.4) is 0 Å². The Balaban J connectivity index is 2.17. The fourth-order valence-corrected chi connectivity index (χ4v) is 3.10. The summed E-state index contributed by atoms with van der Waals surface area (Å²) in [5, 5.41) is 16.6. The number of rotatable bonds is 4. The lowest BCUT2D eigenvalue weighted by molar-refractivity contribution is -0.138. The van der Waals surface area contributed by atoms with Gasteiger partial charge < -0.3 is 10.0 Å². The van der Waals surface area contributed by atoms with E-state index in [4.69, 9.17) is 5.11 Å². The lowest BCUT2D eigenvalue weighted by atomic mass is 9.97. The van der Waals surface area contributed by atoms with Crippen molar-refractivity contribution in [3.63, 3.8) is 0 Å². The number of carbonyl (C=O) groups is 2. The predicted molar refractivity (Wildman–Crippen MR) is 76.0 cm³/mol. The van der Waals surface area contributed by atoms with Gasteiger partial charge in [-0.3, -0.25) is 4.79 Å². The van der Waals surface area contributed by atoms with Crippen molar-refractivity contribution in [1.29, 1.82) is 0 Å². The van der Waals surface area contributed by atoms with Crippen LogP contribution in [0.5, 0.6) is 0 Å². The highest BCUT2D eigenvalue weighted by molar-refractivity contribution is 5.86. The Kier molecular flexibility index (Phi) is 4.59. The second-order valence-electron chi connectivity index (χ2n) is 5.63. The van der Waals surface area contributed by atoms with Crippen molar-refractivity contribution < 1.29 is 14.7 Å². The van der Waals surface area contributed by atoms with Gasteiger partial charge in [0.1, 0.15) is 6.54 Å². The first kappa shape index (κ1) is 15.5. The summed E-state index contributed by atoms with van der Waals surface area (Å²) in [6, 6.07) is 0.433. The molecule has 0 aromatic carbocycles. The van der Waals surface area contributed by atoms with Crippen molar-refractivity contribution >= 4 is 11.9 Å². The molecule has 7 heteroatoms. The second kappa shape index (κ2) is 6.24. The quantitative estimate of drug-likeness (QED) is 0.905. The first-order chi connectivity index (χ1) is 9.95. The zero-order chi connectivity index (χ0) is 15.6. The van der Waals surface area contributed by atoms with E-state index in [2.05, 4.69) is 24.2 Å². The molecular formula is C14H22N4O3. The molecule has 2 atom stereocenters. The van der Waals surface area contributed by atoms with Crippen LogP contribution in [0.2, 0.25) is 0 Å². The summed E-state index contributed by atoms with van der Waals surface area (Å²) in [7, 11) is 0. The van der Waals surface area contributed by atoms with Crippen LogP contribution in [-0.2, 0) is 17.8 Å². The Bertz CT molecular complexity index is 530. The molecule has 1 aromatic rings. The average molecular weight is 294 g/mol. The van der Waals surface area contributed by atoms with Crippen LogP contribution < -0.4 is 0 Å². The van der Waals surface area contributed by atoms with Gasteiger partial charge in [-0.1, -0.05) is 12.1 Å². The summed E-state index contributed by atoms with van der Waals surface area (Å²) in [6.07, 6.45) is 3.63. The van der Waals surface area contributed by atoms with Crippen molar-refractivity contribution in [2.24, 2.45) is 0 Å². The van der Waals surface area contributed by atoms with Gasteiger partial charge in [0.2, 0.25) is 5.91 Å². The Morgan fingerprint density at radius 1 is 1.29 bits per heavy atom. The van der Waals surface area contributed by atoms with E-state index in [1.54, 1.807) is 0 Å². The zero-order valence-electron chi connectivity index (χ0n) is 12.7. The molecule has 1 amide bonds. The SMILES string of the molecule is CCc1c(C(=O)O)nnn1CC(=O)N1C(C)CCCC1C. The van der Waals surface area contributed by atoms with Gasteiger partial charge in [-0.25, -0.2) is 9.48 Å². The van der Waals surface area contributed by atoms with Crippen LogP contribution in [0.1, 0.15) is 56.2 Å². The van der Waals surface area contributed by atoms with E-state index in [1.807, 2.05) is 11.8 Å². The molecule has 2 rings (SSSR count). The van der Waals surface area contributed by atoms with Gasteiger partial charge in [0.05, 0.1) is 5.69 Å². The molecule has 2 unspecified atom stereocenters. The van der Waals surface area contributed by atoms with E-state index in [-0.39, 0.29) is 30.2 Å². The lowest BCUT2D eigenvalue weighted by Crippen LogP contribution is -2.48. The van der Waals surface area contributed by atoms with Crippen molar-refractivity contribution in [2.75, 3.05) is 0 Å². The van der Waals surface area contributed by atoms with E-state index in [0.717, 1.165) is 19.3 Å².